The molecule has 1 amide bonds. The van der Waals surface area contributed by atoms with Crippen molar-refractivity contribution in [2.75, 3.05) is 33.4 Å². The van der Waals surface area contributed by atoms with E-state index < -0.39 is 0 Å². The zero-order chi connectivity index (χ0) is 19.4. The molecule has 1 atom stereocenters. The van der Waals surface area contributed by atoms with E-state index in [0.717, 1.165) is 19.3 Å². The van der Waals surface area contributed by atoms with Gasteiger partial charge in [-0.3, -0.25) is 9.59 Å². The Hall–Kier alpha value is -1.88. The molecule has 26 heavy (non-hydrogen) atoms. The van der Waals surface area contributed by atoms with Gasteiger partial charge in [0.05, 0.1) is 13.0 Å². The van der Waals surface area contributed by atoms with E-state index in [2.05, 4.69) is 31.2 Å². The van der Waals surface area contributed by atoms with Gasteiger partial charge < -0.3 is 14.4 Å². The molecule has 5 heteroatoms. The number of methoxy groups -OCH3 is 1. The first-order valence-electron chi connectivity index (χ1n) is 9.46. The first-order chi connectivity index (χ1) is 12.5. The van der Waals surface area contributed by atoms with Gasteiger partial charge in [-0.1, -0.05) is 36.8 Å². The Morgan fingerprint density at radius 1 is 1.15 bits per heavy atom. The molecular formula is C21H33NO4. The van der Waals surface area contributed by atoms with E-state index in [0.29, 0.717) is 32.7 Å². The Morgan fingerprint density at radius 3 is 2.46 bits per heavy atom. The van der Waals surface area contributed by atoms with Gasteiger partial charge >= 0.3 is 5.97 Å². The minimum atomic E-state index is -0.326. The van der Waals surface area contributed by atoms with Crippen molar-refractivity contribution in [3.05, 3.63) is 35.4 Å². The van der Waals surface area contributed by atoms with Gasteiger partial charge in [0.25, 0.3) is 0 Å². The van der Waals surface area contributed by atoms with Crippen LogP contribution in [0.15, 0.2) is 24.3 Å². The van der Waals surface area contributed by atoms with Crippen LogP contribution in [0, 0.1) is 12.8 Å². The average Bonchev–Trinajstić information content (AvgIpc) is 2.64. The lowest BCUT2D eigenvalue weighted by atomic mass is 10.1. The van der Waals surface area contributed by atoms with E-state index in [9.17, 15) is 9.59 Å². The molecule has 0 saturated heterocycles. The van der Waals surface area contributed by atoms with E-state index in [1.54, 1.807) is 11.8 Å². The van der Waals surface area contributed by atoms with Crippen molar-refractivity contribution in [2.45, 2.75) is 46.5 Å². The number of carbonyl (C=O) groups excluding carboxylic acids is 2. The Labute approximate surface area is 157 Å². The average molecular weight is 363 g/mol. The fraction of sp³-hybridized carbons (Fsp3) is 0.619. The Balaban J connectivity index is 2.52. The van der Waals surface area contributed by atoms with Crippen LogP contribution in [0.4, 0.5) is 0 Å². The number of rotatable bonds is 12. The van der Waals surface area contributed by atoms with E-state index in [4.69, 9.17) is 9.47 Å². The third-order valence-corrected chi connectivity index (χ3v) is 4.35. The molecule has 146 valence electrons. The van der Waals surface area contributed by atoms with Crippen LogP contribution in [0.25, 0.3) is 0 Å². The predicted octanol–water partition coefficient (Wildman–Crippen LogP) is 3.38. The highest BCUT2D eigenvalue weighted by atomic mass is 16.5. The van der Waals surface area contributed by atoms with Crippen LogP contribution < -0.4 is 0 Å². The van der Waals surface area contributed by atoms with Gasteiger partial charge in [0.2, 0.25) is 5.91 Å². The Kier molecular flexibility index (Phi) is 10.6. The zero-order valence-electron chi connectivity index (χ0n) is 16.6. The second-order valence-electron chi connectivity index (χ2n) is 6.65. The molecule has 1 aromatic rings. The van der Waals surface area contributed by atoms with Crippen LogP contribution in [0.5, 0.6) is 0 Å². The smallest absolute Gasteiger partial charge is 0.310 e. The fourth-order valence-corrected chi connectivity index (χ4v) is 2.78. The van der Waals surface area contributed by atoms with E-state index >= 15 is 0 Å². The minimum absolute atomic E-state index is 0.0874. The quantitative estimate of drug-likeness (QED) is 0.422. The summed E-state index contributed by atoms with van der Waals surface area (Å²) in [5.74, 6) is -0.523. The molecular weight excluding hydrogens is 330 g/mol. The maximum Gasteiger partial charge on any atom is 0.310 e. The molecule has 0 N–H and O–H groups in total. The molecule has 0 aliphatic heterocycles. The molecule has 0 aliphatic rings. The minimum Gasteiger partial charge on any atom is -0.469 e. The van der Waals surface area contributed by atoms with Crippen molar-refractivity contribution < 1.29 is 19.1 Å². The molecule has 0 aromatic heterocycles. The molecule has 1 rings (SSSR count). The van der Waals surface area contributed by atoms with Crippen LogP contribution in [-0.2, 0) is 25.5 Å². The second-order valence-corrected chi connectivity index (χ2v) is 6.65. The van der Waals surface area contributed by atoms with Crippen LogP contribution in [0.1, 0.15) is 44.2 Å². The number of hydrogen-bond donors (Lipinski definition) is 0. The number of carbonyl (C=O) groups is 2. The van der Waals surface area contributed by atoms with Crippen molar-refractivity contribution in [2.24, 2.45) is 5.92 Å². The van der Waals surface area contributed by atoms with Crippen LogP contribution in [-0.4, -0.2) is 50.2 Å². The summed E-state index contributed by atoms with van der Waals surface area (Å²) in [6, 6.07) is 8.41. The van der Waals surface area contributed by atoms with Crippen LogP contribution in [0.3, 0.4) is 0 Å². The summed E-state index contributed by atoms with van der Waals surface area (Å²) in [4.78, 5) is 26.1. The van der Waals surface area contributed by atoms with Crippen molar-refractivity contribution >= 4 is 11.9 Å². The molecule has 1 unspecified atom stereocenters. The molecule has 0 bridgehead atoms. The second kappa shape index (κ2) is 12.5. The summed E-state index contributed by atoms with van der Waals surface area (Å²) in [6.45, 7) is 8.09. The number of hydrogen-bond acceptors (Lipinski definition) is 4. The lowest BCUT2D eigenvalue weighted by Crippen LogP contribution is -2.38. The van der Waals surface area contributed by atoms with Gasteiger partial charge in [-0.15, -0.1) is 0 Å². The number of ether oxygens (including phenoxy) is 2. The highest BCUT2D eigenvalue weighted by Crippen LogP contribution is 2.11. The highest BCUT2D eigenvalue weighted by Gasteiger charge is 2.21. The summed E-state index contributed by atoms with van der Waals surface area (Å²) in [5, 5.41) is 0. The predicted molar refractivity (Wildman–Crippen MR) is 103 cm³/mol. The molecule has 0 radical (unpaired) electrons. The fourth-order valence-electron chi connectivity index (χ4n) is 2.78. The number of benzene rings is 1. The maximum atomic E-state index is 12.6. The number of aryl methyl sites for hydroxylation is 2. The topological polar surface area (TPSA) is 55.8 Å². The van der Waals surface area contributed by atoms with Crippen molar-refractivity contribution in [3.8, 4) is 0 Å². The molecule has 0 heterocycles. The SMILES string of the molecule is CCOCCCN(CC(C)C(=O)OC)C(=O)CCCc1ccc(C)cc1. The molecule has 0 fully saturated rings. The largest absolute Gasteiger partial charge is 0.469 e. The standard InChI is InChI=1S/C21H33NO4/c1-5-26-15-7-14-22(16-18(3)21(24)25-4)20(23)9-6-8-19-12-10-17(2)11-13-19/h10-13,18H,5-9,14-16H2,1-4H3. The summed E-state index contributed by atoms with van der Waals surface area (Å²) in [7, 11) is 1.38. The first-order valence-corrected chi connectivity index (χ1v) is 9.46. The molecule has 0 saturated carbocycles. The summed E-state index contributed by atoms with van der Waals surface area (Å²) in [6.07, 6.45) is 2.93. The normalized spacial score (nSPS) is 11.8. The molecule has 0 aliphatic carbocycles. The maximum absolute atomic E-state index is 12.6. The molecule has 1 aromatic carbocycles. The van der Waals surface area contributed by atoms with Gasteiger partial charge in [-0.25, -0.2) is 0 Å². The van der Waals surface area contributed by atoms with Crippen LogP contribution >= 0.6 is 0 Å². The monoisotopic (exact) mass is 363 g/mol. The van der Waals surface area contributed by atoms with Gasteiger partial charge in [0, 0.05) is 32.7 Å². The summed E-state index contributed by atoms with van der Waals surface area (Å²) < 4.78 is 10.1. The zero-order valence-corrected chi connectivity index (χ0v) is 16.6. The Morgan fingerprint density at radius 2 is 1.85 bits per heavy atom. The third kappa shape index (κ3) is 8.48. The lowest BCUT2D eigenvalue weighted by molar-refractivity contribution is -0.146. The summed E-state index contributed by atoms with van der Waals surface area (Å²) >= 11 is 0. The number of amides is 1. The van der Waals surface area contributed by atoms with Gasteiger partial charge in [-0.2, -0.15) is 0 Å². The lowest BCUT2D eigenvalue weighted by Gasteiger charge is -2.25. The summed E-state index contributed by atoms with van der Waals surface area (Å²) in [5.41, 5.74) is 2.48. The van der Waals surface area contributed by atoms with E-state index in [-0.39, 0.29) is 17.8 Å². The van der Waals surface area contributed by atoms with Gasteiger partial charge in [-0.05, 0) is 38.7 Å². The van der Waals surface area contributed by atoms with E-state index in [1.807, 2.05) is 6.92 Å². The van der Waals surface area contributed by atoms with Gasteiger partial charge in [0.1, 0.15) is 0 Å². The number of nitrogens with zero attached hydrogens (tertiary/aromatic N) is 1. The third-order valence-electron chi connectivity index (χ3n) is 4.35. The van der Waals surface area contributed by atoms with Crippen molar-refractivity contribution in [1.29, 1.82) is 0 Å². The van der Waals surface area contributed by atoms with Crippen LogP contribution in [0.2, 0.25) is 0 Å². The first kappa shape index (κ1) is 22.2. The van der Waals surface area contributed by atoms with Crippen molar-refractivity contribution in [3.63, 3.8) is 0 Å². The molecule has 5 nitrogen and oxygen atoms in total. The number of esters is 1. The van der Waals surface area contributed by atoms with Crippen molar-refractivity contribution in [1.82, 2.24) is 4.90 Å². The van der Waals surface area contributed by atoms with E-state index in [1.165, 1.54) is 18.2 Å². The highest BCUT2D eigenvalue weighted by molar-refractivity contribution is 5.78. The Bertz CT molecular complexity index is 541. The molecule has 0 spiro atoms. The van der Waals surface area contributed by atoms with Gasteiger partial charge in [0.15, 0.2) is 0 Å².